The number of carbonyl (C=O) groups excluding carboxylic acids is 1. The molecule has 1 fully saturated rings. The molecular weight excluding hydrogens is 430 g/mol. The number of carbonyl (C=O) groups is 1. The first kappa shape index (κ1) is 23.7. The summed E-state index contributed by atoms with van der Waals surface area (Å²) < 4.78 is 24.7. The highest BCUT2D eigenvalue weighted by atomic mass is 32.2. The van der Waals surface area contributed by atoms with E-state index >= 15 is 0 Å². The molecule has 32 heavy (non-hydrogen) atoms. The first-order valence-corrected chi connectivity index (χ1v) is 12.1. The Balaban J connectivity index is 1.78. The van der Waals surface area contributed by atoms with Gasteiger partial charge in [0.15, 0.2) is 9.84 Å². The lowest BCUT2D eigenvalue weighted by Gasteiger charge is -2.32. The monoisotopic (exact) mass is 459 g/mol. The van der Waals surface area contributed by atoms with Crippen LogP contribution in [0.3, 0.4) is 0 Å². The quantitative estimate of drug-likeness (QED) is 0.550. The maximum Gasteiger partial charge on any atom is 0.248 e. The van der Waals surface area contributed by atoms with Crippen molar-refractivity contribution in [2.45, 2.75) is 38.5 Å². The molecule has 1 aliphatic heterocycles. The summed E-state index contributed by atoms with van der Waals surface area (Å²) >= 11 is 0. The maximum atomic E-state index is 12.3. The Bertz CT molecular complexity index is 1100. The molecular formula is C22H29N5O4S. The molecule has 2 aromatic rings. The Morgan fingerprint density at radius 1 is 1.34 bits per heavy atom. The van der Waals surface area contributed by atoms with Gasteiger partial charge in [-0.05, 0) is 38.3 Å². The summed E-state index contributed by atoms with van der Waals surface area (Å²) in [5.74, 6) is 0.526. The van der Waals surface area contributed by atoms with E-state index in [0.717, 1.165) is 18.4 Å². The van der Waals surface area contributed by atoms with Crippen molar-refractivity contribution in [3.05, 3.63) is 53.1 Å². The number of anilines is 3. The molecule has 1 amide bonds. The molecule has 1 aliphatic rings. The van der Waals surface area contributed by atoms with E-state index in [4.69, 9.17) is 5.11 Å². The number of aryl methyl sites for hydroxylation is 1. The van der Waals surface area contributed by atoms with Crippen LogP contribution in [-0.2, 0) is 20.4 Å². The number of piperidine rings is 1. The maximum absolute atomic E-state index is 12.3. The zero-order chi connectivity index (χ0) is 23.3. The molecule has 1 aromatic heterocycles. The molecule has 1 atom stereocenters. The SMILES string of the molecule is C=C(C)S(=O)(=O)Cc1ccccc1Nc1nc(N[C@H]2CCCN(C(=O)CO)C2)ncc1C. The van der Waals surface area contributed by atoms with Gasteiger partial charge in [-0.2, -0.15) is 4.98 Å². The van der Waals surface area contributed by atoms with Gasteiger partial charge >= 0.3 is 0 Å². The fourth-order valence-electron chi connectivity index (χ4n) is 3.47. The van der Waals surface area contributed by atoms with Gasteiger partial charge in [-0.15, -0.1) is 0 Å². The minimum atomic E-state index is -3.45. The Kier molecular flexibility index (Phi) is 7.47. The van der Waals surface area contributed by atoms with Crippen LogP contribution in [0.25, 0.3) is 0 Å². The lowest BCUT2D eigenvalue weighted by molar-refractivity contribution is -0.135. The number of aliphatic hydroxyl groups excluding tert-OH is 1. The minimum absolute atomic E-state index is 0.0252. The Labute approximate surface area is 188 Å². The van der Waals surface area contributed by atoms with Crippen molar-refractivity contribution in [2.24, 2.45) is 0 Å². The summed E-state index contributed by atoms with van der Waals surface area (Å²) in [7, 11) is -3.45. The van der Waals surface area contributed by atoms with Gasteiger partial charge in [0.1, 0.15) is 12.4 Å². The molecule has 0 aliphatic carbocycles. The number of aromatic nitrogens is 2. The van der Waals surface area contributed by atoms with E-state index in [0.29, 0.717) is 36.1 Å². The number of hydrogen-bond acceptors (Lipinski definition) is 8. The molecule has 0 spiro atoms. The fraction of sp³-hybridized carbons (Fsp3) is 0.409. The first-order chi connectivity index (χ1) is 15.2. The van der Waals surface area contributed by atoms with Gasteiger partial charge in [0.25, 0.3) is 0 Å². The number of nitrogens with one attached hydrogen (secondary N) is 2. The molecule has 3 N–H and O–H groups in total. The van der Waals surface area contributed by atoms with Crippen molar-refractivity contribution >= 4 is 33.2 Å². The minimum Gasteiger partial charge on any atom is -0.387 e. The van der Waals surface area contributed by atoms with Crippen molar-refractivity contribution in [1.29, 1.82) is 0 Å². The van der Waals surface area contributed by atoms with Gasteiger partial charge in [0.2, 0.25) is 11.9 Å². The second-order valence-corrected chi connectivity index (χ2v) is 10.2. The van der Waals surface area contributed by atoms with Gasteiger partial charge in [0.05, 0.1) is 5.75 Å². The summed E-state index contributed by atoms with van der Waals surface area (Å²) in [6, 6.07) is 7.15. The van der Waals surface area contributed by atoms with Crippen LogP contribution in [0.4, 0.5) is 17.5 Å². The van der Waals surface area contributed by atoms with E-state index in [1.807, 2.05) is 13.0 Å². The second-order valence-electron chi connectivity index (χ2n) is 7.95. The summed E-state index contributed by atoms with van der Waals surface area (Å²) in [6.45, 7) is 7.51. The zero-order valence-corrected chi connectivity index (χ0v) is 19.2. The highest BCUT2D eigenvalue weighted by Crippen LogP contribution is 2.26. The van der Waals surface area contributed by atoms with Crippen LogP contribution in [0.5, 0.6) is 0 Å². The van der Waals surface area contributed by atoms with Gasteiger partial charge in [0, 0.05) is 41.5 Å². The summed E-state index contributed by atoms with van der Waals surface area (Å²) in [5.41, 5.74) is 2.06. The molecule has 3 rings (SSSR count). The number of amides is 1. The average molecular weight is 460 g/mol. The van der Waals surface area contributed by atoms with Crippen molar-refractivity contribution in [2.75, 3.05) is 30.3 Å². The topological polar surface area (TPSA) is 125 Å². The van der Waals surface area contributed by atoms with E-state index in [2.05, 4.69) is 27.2 Å². The predicted molar refractivity (Wildman–Crippen MR) is 124 cm³/mol. The van der Waals surface area contributed by atoms with Gasteiger partial charge in [-0.3, -0.25) is 4.79 Å². The van der Waals surface area contributed by atoms with Crippen LogP contribution >= 0.6 is 0 Å². The number of allylic oxidation sites excluding steroid dienone is 1. The third-order valence-electron chi connectivity index (χ3n) is 5.36. The molecule has 1 aromatic carbocycles. The number of nitrogens with zero attached hydrogens (tertiary/aromatic N) is 3. The zero-order valence-electron chi connectivity index (χ0n) is 18.3. The van der Waals surface area contributed by atoms with E-state index in [1.54, 1.807) is 29.3 Å². The standard InChI is InChI=1S/C22H29N5O4S/c1-15(2)32(30,31)14-17-7-4-5-9-19(17)25-21-16(3)11-23-22(26-21)24-18-8-6-10-27(12-18)20(29)13-28/h4-5,7,9,11,18,28H,1,6,8,10,12-14H2,2-3H3,(H2,23,24,25,26)/t18-/m0/s1. The Morgan fingerprint density at radius 2 is 2.09 bits per heavy atom. The highest BCUT2D eigenvalue weighted by Gasteiger charge is 2.24. The number of hydrogen-bond donors (Lipinski definition) is 3. The molecule has 1 saturated heterocycles. The second kappa shape index (κ2) is 10.1. The van der Waals surface area contributed by atoms with Crippen LogP contribution in [-0.4, -0.2) is 60.0 Å². The van der Waals surface area contributed by atoms with E-state index in [9.17, 15) is 13.2 Å². The van der Waals surface area contributed by atoms with Crippen LogP contribution < -0.4 is 10.6 Å². The van der Waals surface area contributed by atoms with E-state index in [-0.39, 0.29) is 22.6 Å². The molecule has 2 heterocycles. The van der Waals surface area contributed by atoms with Crippen molar-refractivity contribution in [3.63, 3.8) is 0 Å². The van der Waals surface area contributed by atoms with Crippen LogP contribution in [0.1, 0.15) is 30.9 Å². The first-order valence-electron chi connectivity index (χ1n) is 10.4. The predicted octanol–water partition coefficient (Wildman–Crippen LogP) is 2.37. The molecule has 0 radical (unpaired) electrons. The van der Waals surface area contributed by atoms with Gasteiger partial charge in [-0.1, -0.05) is 24.8 Å². The van der Waals surface area contributed by atoms with Crippen LogP contribution in [0.2, 0.25) is 0 Å². The van der Waals surface area contributed by atoms with Crippen molar-refractivity contribution in [1.82, 2.24) is 14.9 Å². The summed E-state index contributed by atoms with van der Waals surface area (Å²) in [6.07, 6.45) is 3.37. The lowest BCUT2D eigenvalue weighted by Crippen LogP contribution is -2.46. The average Bonchev–Trinajstić information content (AvgIpc) is 2.76. The molecule has 0 bridgehead atoms. The number of likely N-dealkylation sites (tertiary alicyclic amines) is 1. The number of aliphatic hydroxyl groups is 1. The van der Waals surface area contributed by atoms with Gasteiger partial charge in [-0.25, -0.2) is 13.4 Å². The van der Waals surface area contributed by atoms with E-state index < -0.39 is 16.4 Å². The Morgan fingerprint density at radius 3 is 2.81 bits per heavy atom. The fourth-order valence-corrected chi connectivity index (χ4v) is 4.37. The molecule has 172 valence electrons. The largest absolute Gasteiger partial charge is 0.387 e. The third kappa shape index (κ3) is 5.83. The molecule has 9 nitrogen and oxygen atoms in total. The van der Waals surface area contributed by atoms with Gasteiger partial charge < -0.3 is 20.6 Å². The lowest BCUT2D eigenvalue weighted by atomic mass is 10.1. The highest BCUT2D eigenvalue weighted by molar-refractivity contribution is 7.94. The number of para-hydroxylation sites is 1. The van der Waals surface area contributed by atoms with Crippen LogP contribution in [0.15, 0.2) is 41.9 Å². The molecule has 0 saturated carbocycles. The normalized spacial score (nSPS) is 16.5. The molecule has 10 heteroatoms. The number of sulfone groups is 1. The smallest absolute Gasteiger partial charge is 0.248 e. The third-order valence-corrected chi connectivity index (χ3v) is 7.11. The van der Waals surface area contributed by atoms with Crippen molar-refractivity contribution < 1.29 is 18.3 Å². The summed E-state index contributed by atoms with van der Waals surface area (Å²) in [5, 5.41) is 15.6. The van der Waals surface area contributed by atoms with E-state index in [1.165, 1.54) is 6.92 Å². The van der Waals surface area contributed by atoms with Crippen LogP contribution in [0, 0.1) is 6.92 Å². The Hall–Kier alpha value is -2.98. The number of rotatable bonds is 8. The number of benzene rings is 1. The van der Waals surface area contributed by atoms with Crippen molar-refractivity contribution in [3.8, 4) is 0 Å². The molecule has 0 unspecified atom stereocenters. The summed E-state index contributed by atoms with van der Waals surface area (Å²) in [4.78, 5) is 22.5.